The highest BCUT2D eigenvalue weighted by Crippen LogP contribution is 2.12. The van der Waals surface area contributed by atoms with Gasteiger partial charge in [0.2, 0.25) is 5.95 Å². The van der Waals surface area contributed by atoms with E-state index in [9.17, 15) is 5.11 Å². The van der Waals surface area contributed by atoms with Crippen LogP contribution < -0.4 is 10.2 Å². The number of tetrazole rings is 1. The lowest BCUT2D eigenvalue weighted by Crippen LogP contribution is -2.54. The summed E-state index contributed by atoms with van der Waals surface area (Å²) >= 11 is 0. The molecule has 78 valence electrons. The van der Waals surface area contributed by atoms with Crippen molar-refractivity contribution in [2.24, 2.45) is 7.05 Å². The van der Waals surface area contributed by atoms with Crippen LogP contribution in [0.3, 0.4) is 0 Å². The fraction of sp³-hybridized carbons (Fsp3) is 0.857. The second-order valence-corrected chi connectivity index (χ2v) is 3.34. The van der Waals surface area contributed by atoms with Gasteiger partial charge >= 0.3 is 0 Å². The molecule has 2 rings (SSSR count). The van der Waals surface area contributed by atoms with E-state index in [1.807, 2.05) is 4.90 Å². The van der Waals surface area contributed by atoms with Gasteiger partial charge in [-0.15, -0.1) is 0 Å². The molecule has 1 aliphatic heterocycles. The molecule has 0 saturated carbocycles. The van der Waals surface area contributed by atoms with E-state index in [1.54, 1.807) is 11.7 Å². The van der Waals surface area contributed by atoms with E-state index in [2.05, 4.69) is 20.8 Å². The fourth-order valence-corrected chi connectivity index (χ4v) is 1.66. The first-order valence-corrected chi connectivity index (χ1v) is 4.63. The number of piperazine rings is 1. The maximum atomic E-state index is 9.19. The van der Waals surface area contributed by atoms with Gasteiger partial charge in [-0.2, -0.15) is 0 Å². The third kappa shape index (κ3) is 1.55. The highest BCUT2D eigenvalue weighted by Gasteiger charge is 2.24. The van der Waals surface area contributed by atoms with Crippen LogP contribution in [-0.4, -0.2) is 57.6 Å². The first kappa shape index (κ1) is 9.35. The van der Waals surface area contributed by atoms with Crippen molar-refractivity contribution < 1.29 is 5.11 Å². The largest absolute Gasteiger partial charge is 0.394 e. The predicted molar refractivity (Wildman–Crippen MR) is 49.9 cm³/mol. The van der Waals surface area contributed by atoms with Crippen molar-refractivity contribution >= 4 is 5.95 Å². The molecule has 14 heavy (non-hydrogen) atoms. The molecular weight excluding hydrogens is 184 g/mol. The molecular formula is C7H14N6O. The van der Waals surface area contributed by atoms with Gasteiger partial charge in [0, 0.05) is 26.7 Å². The van der Waals surface area contributed by atoms with E-state index in [4.69, 9.17) is 0 Å². The molecule has 0 spiro atoms. The summed E-state index contributed by atoms with van der Waals surface area (Å²) in [6.45, 7) is 2.59. The van der Waals surface area contributed by atoms with Crippen molar-refractivity contribution in [2.45, 2.75) is 6.04 Å². The summed E-state index contributed by atoms with van der Waals surface area (Å²) in [4.78, 5) is 2.02. The monoisotopic (exact) mass is 198 g/mol. The Hall–Kier alpha value is -1.21. The van der Waals surface area contributed by atoms with Crippen LogP contribution >= 0.6 is 0 Å². The Balaban J connectivity index is 2.19. The van der Waals surface area contributed by atoms with Gasteiger partial charge < -0.3 is 15.3 Å². The fourth-order valence-electron chi connectivity index (χ4n) is 1.66. The molecule has 1 aromatic heterocycles. The number of aryl methyl sites for hydroxylation is 1. The topological polar surface area (TPSA) is 79.1 Å². The molecule has 1 unspecified atom stereocenters. The van der Waals surface area contributed by atoms with Crippen molar-refractivity contribution in [1.29, 1.82) is 0 Å². The van der Waals surface area contributed by atoms with Gasteiger partial charge in [-0.1, -0.05) is 5.10 Å². The Morgan fingerprint density at radius 2 is 2.50 bits per heavy atom. The summed E-state index contributed by atoms with van der Waals surface area (Å²) in [5, 5.41) is 23.7. The summed E-state index contributed by atoms with van der Waals surface area (Å²) in [5.41, 5.74) is 0. The lowest BCUT2D eigenvalue weighted by atomic mass is 10.2. The van der Waals surface area contributed by atoms with Crippen LogP contribution in [0.4, 0.5) is 5.95 Å². The summed E-state index contributed by atoms with van der Waals surface area (Å²) in [7, 11) is 1.80. The summed E-state index contributed by atoms with van der Waals surface area (Å²) in [6.07, 6.45) is 0. The zero-order valence-electron chi connectivity index (χ0n) is 8.09. The summed E-state index contributed by atoms with van der Waals surface area (Å²) in [6, 6.07) is 0.0634. The average Bonchev–Trinajstić information content (AvgIpc) is 2.64. The number of nitrogens with zero attached hydrogens (tertiary/aromatic N) is 5. The van der Waals surface area contributed by atoms with E-state index in [-0.39, 0.29) is 12.6 Å². The van der Waals surface area contributed by atoms with Crippen LogP contribution in [0, 0.1) is 0 Å². The normalized spacial score (nSPS) is 22.7. The van der Waals surface area contributed by atoms with E-state index < -0.39 is 0 Å². The van der Waals surface area contributed by atoms with Gasteiger partial charge in [-0.3, -0.25) is 0 Å². The lowest BCUT2D eigenvalue weighted by molar-refractivity contribution is 0.244. The van der Waals surface area contributed by atoms with E-state index in [1.165, 1.54) is 0 Å². The molecule has 1 atom stereocenters. The molecule has 7 heteroatoms. The maximum absolute atomic E-state index is 9.19. The highest BCUT2D eigenvalue weighted by molar-refractivity contribution is 5.31. The number of aliphatic hydroxyl groups excluding tert-OH is 1. The van der Waals surface area contributed by atoms with Crippen LogP contribution in [0.15, 0.2) is 0 Å². The molecule has 1 aromatic rings. The van der Waals surface area contributed by atoms with Gasteiger partial charge in [0.05, 0.1) is 12.6 Å². The van der Waals surface area contributed by atoms with Gasteiger partial charge in [-0.05, 0) is 10.4 Å². The number of rotatable bonds is 2. The molecule has 0 aromatic carbocycles. The molecule has 1 saturated heterocycles. The Kier molecular flexibility index (Phi) is 2.60. The second kappa shape index (κ2) is 3.89. The Labute approximate surface area is 81.7 Å². The maximum Gasteiger partial charge on any atom is 0.245 e. The Morgan fingerprint density at radius 1 is 1.64 bits per heavy atom. The van der Waals surface area contributed by atoms with Crippen molar-refractivity contribution in [3.8, 4) is 0 Å². The number of aromatic nitrogens is 4. The molecule has 0 radical (unpaired) electrons. The SMILES string of the molecule is Cn1nnnc1N1CCNCC1CO. The van der Waals surface area contributed by atoms with Crippen molar-refractivity contribution in [1.82, 2.24) is 25.5 Å². The second-order valence-electron chi connectivity index (χ2n) is 3.34. The highest BCUT2D eigenvalue weighted by atomic mass is 16.3. The minimum atomic E-state index is 0.0634. The molecule has 7 nitrogen and oxygen atoms in total. The Morgan fingerprint density at radius 3 is 3.14 bits per heavy atom. The number of anilines is 1. The first-order chi connectivity index (χ1) is 6.83. The molecule has 2 N–H and O–H groups in total. The first-order valence-electron chi connectivity index (χ1n) is 4.63. The summed E-state index contributed by atoms with van der Waals surface area (Å²) < 4.78 is 1.62. The standard InChI is InChI=1S/C7H14N6O/c1-12-7(9-10-11-12)13-3-2-8-4-6(13)5-14/h6,8,14H,2-5H2,1H3. The van der Waals surface area contributed by atoms with Gasteiger partial charge in [-0.25, -0.2) is 4.68 Å². The lowest BCUT2D eigenvalue weighted by Gasteiger charge is -2.34. The number of hydrogen-bond acceptors (Lipinski definition) is 6. The number of hydrogen-bond donors (Lipinski definition) is 2. The van der Waals surface area contributed by atoms with E-state index in [0.29, 0.717) is 5.95 Å². The van der Waals surface area contributed by atoms with Crippen LogP contribution in [0.5, 0.6) is 0 Å². The molecule has 0 aliphatic carbocycles. The predicted octanol–water partition coefficient (Wildman–Crippen LogP) is -2.02. The molecule has 2 heterocycles. The number of aliphatic hydroxyl groups is 1. The van der Waals surface area contributed by atoms with Crippen LogP contribution in [0.1, 0.15) is 0 Å². The van der Waals surface area contributed by atoms with Crippen molar-refractivity contribution in [3.05, 3.63) is 0 Å². The van der Waals surface area contributed by atoms with Gasteiger partial charge in [0.15, 0.2) is 0 Å². The molecule has 1 aliphatic rings. The Bertz CT molecular complexity index is 300. The quantitative estimate of drug-likeness (QED) is 0.571. The van der Waals surface area contributed by atoms with Crippen LogP contribution in [-0.2, 0) is 7.05 Å². The average molecular weight is 198 g/mol. The van der Waals surface area contributed by atoms with E-state index in [0.717, 1.165) is 19.6 Å². The van der Waals surface area contributed by atoms with E-state index >= 15 is 0 Å². The molecule has 0 bridgehead atoms. The minimum Gasteiger partial charge on any atom is -0.394 e. The van der Waals surface area contributed by atoms with Crippen LogP contribution in [0.25, 0.3) is 0 Å². The third-order valence-corrected chi connectivity index (χ3v) is 2.42. The molecule has 0 amide bonds. The smallest absolute Gasteiger partial charge is 0.245 e. The zero-order valence-corrected chi connectivity index (χ0v) is 8.09. The van der Waals surface area contributed by atoms with Gasteiger partial charge in [0.1, 0.15) is 0 Å². The van der Waals surface area contributed by atoms with Crippen LogP contribution in [0.2, 0.25) is 0 Å². The third-order valence-electron chi connectivity index (χ3n) is 2.42. The number of nitrogens with one attached hydrogen (secondary N) is 1. The molecule has 1 fully saturated rings. The van der Waals surface area contributed by atoms with Gasteiger partial charge in [0.25, 0.3) is 0 Å². The van der Waals surface area contributed by atoms with Crippen molar-refractivity contribution in [2.75, 3.05) is 31.1 Å². The van der Waals surface area contributed by atoms with Crippen molar-refractivity contribution in [3.63, 3.8) is 0 Å². The zero-order chi connectivity index (χ0) is 9.97. The summed E-state index contributed by atoms with van der Waals surface area (Å²) in [5.74, 6) is 0.713. The minimum absolute atomic E-state index is 0.0634.